The molecule has 0 saturated heterocycles. The average molecular weight is 384 g/mol. The minimum atomic E-state index is -3.13. The van der Waals surface area contributed by atoms with Crippen molar-refractivity contribution in [2.24, 2.45) is 0 Å². The highest BCUT2D eigenvalue weighted by molar-refractivity contribution is 7.53. The van der Waals surface area contributed by atoms with E-state index in [9.17, 15) is 9.36 Å². The van der Waals surface area contributed by atoms with Gasteiger partial charge in [-0.2, -0.15) is 0 Å². The Morgan fingerprint density at radius 2 is 1.73 bits per heavy atom. The van der Waals surface area contributed by atoms with Gasteiger partial charge >= 0.3 is 13.6 Å². The van der Waals surface area contributed by atoms with Gasteiger partial charge in [-0.25, -0.2) is 0 Å². The molecule has 148 valence electrons. The fourth-order valence-electron chi connectivity index (χ4n) is 2.45. The first-order valence-corrected chi connectivity index (χ1v) is 11.0. The van der Waals surface area contributed by atoms with Crippen LogP contribution in [0, 0.1) is 6.92 Å². The topological polar surface area (TPSA) is 61.8 Å². The van der Waals surface area contributed by atoms with Gasteiger partial charge in [-0.15, -0.1) is 0 Å². The van der Waals surface area contributed by atoms with Crippen molar-refractivity contribution in [3.8, 4) is 5.75 Å². The van der Waals surface area contributed by atoms with Crippen molar-refractivity contribution >= 4 is 13.6 Å². The van der Waals surface area contributed by atoms with Gasteiger partial charge in [0, 0.05) is 11.7 Å². The molecule has 0 fully saturated rings. The van der Waals surface area contributed by atoms with E-state index in [1.54, 1.807) is 0 Å². The number of esters is 1. The highest BCUT2D eigenvalue weighted by Gasteiger charge is 2.24. The summed E-state index contributed by atoms with van der Waals surface area (Å²) >= 11 is 0. The average Bonchev–Trinajstić information content (AvgIpc) is 2.52. The Labute approximate surface area is 158 Å². The maximum absolute atomic E-state index is 12.5. The fraction of sp³-hybridized carbons (Fsp3) is 0.650. The van der Waals surface area contributed by atoms with Crippen LogP contribution in [0.2, 0.25) is 0 Å². The molecule has 1 unspecified atom stereocenters. The molecule has 0 amide bonds. The summed E-state index contributed by atoms with van der Waals surface area (Å²) in [6.45, 7) is 12.5. The number of hydrogen-bond donors (Lipinski definition) is 0. The smallest absolute Gasteiger partial charge is 0.330 e. The Balaban J connectivity index is 2.67. The van der Waals surface area contributed by atoms with Gasteiger partial charge in [0.1, 0.15) is 5.75 Å². The minimum absolute atomic E-state index is 0.0243. The Morgan fingerprint density at radius 3 is 2.31 bits per heavy atom. The summed E-state index contributed by atoms with van der Waals surface area (Å²) in [4.78, 5) is 12.2. The number of benzene rings is 1. The maximum atomic E-state index is 12.5. The molecule has 6 heteroatoms. The van der Waals surface area contributed by atoms with Crippen molar-refractivity contribution in [2.75, 3.05) is 19.4 Å². The molecule has 0 bridgehead atoms. The molecule has 0 radical (unpaired) electrons. The highest BCUT2D eigenvalue weighted by atomic mass is 31.2. The van der Waals surface area contributed by atoms with E-state index in [1.807, 2.05) is 39.0 Å². The van der Waals surface area contributed by atoms with Crippen molar-refractivity contribution < 1.29 is 23.1 Å². The van der Waals surface area contributed by atoms with E-state index in [0.717, 1.165) is 17.5 Å². The first-order chi connectivity index (χ1) is 12.1. The van der Waals surface area contributed by atoms with Gasteiger partial charge in [0.15, 0.2) is 0 Å². The fourth-order valence-corrected chi connectivity index (χ4v) is 4.16. The quantitative estimate of drug-likeness (QED) is 0.297. The van der Waals surface area contributed by atoms with E-state index in [0.29, 0.717) is 24.9 Å². The molecule has 0 aliphatic carbocycles. The monoisotopic (exact) mass is 384 g/mol. The Kier molecular flexibility index (Phi) is 9.02. The van der Waals surface area contributed by atoms with Gasteiger partial charge < -0.3 is 13.8 Å². The van der Waals surface area contributed by atoms with E-state index in [4.69, 9.17) is 13.8 Å². The minimum Gasteiger partial charge on any atom is -0.426 e. The molecular formula is C20H33O5P. The first kappa shape index (κ1) is 22.9. The number of carbonyl (C=O) groups excluding carboxylic acids is 1. The van der Waals surface area contributed by atoms with Gasteiger partial charge in [0.25, 0.3) is 0 Å². The Morgan fingerprint density at radius 1 is 1.08 bits per heavy atom. The van der Waals surface area contributed by atoms with E-state index in [-0.39, 0.29) is 18.4 Å². The van der Waals surface area contributed by atoms with Crippen molar-refractivity contribution in [3.63, 3.8) is 0 Å². The third-order valence-electron chi connectivity index (χ3n) is 3.75. The zero-order valence-corrected chi connectivity index (χ0v) is 17.9. The van der Waals surface area contributed by atoms with Crippen molar-refractivity contribution in [3.05, 3.63) is 29.3 Å². The lowest BCUT2D eigenvalue weighted by molar-refractivity contribution is -0.135. The largest absolute Gasteiger partial charge is 0.426 e. The molecule has 1 aromatic carbocycles. The second-order valence-corrected chi connectivity index (χ2v) is 9.66. The molecule has 1 aromatic rings. The molecule has 0 aliphatic heterocycles. The summed E-state index contributed by atoms with van der Waals surface area (Å²) in [6, 6.07) is 5.86. The Hall–Kier alpha value is -1.16. The molecule has 1 atom stereocenters. The summed E-state index contributed by atoms with van der Waals surface area (Å²) in [7, 11) is -3.13. The van der Waals surface area contributed by atoms with E-state index < -0.39 is 13.6 Å². The lowest BCUT2D eigenvalue weighted by atomic mass is 9.86. The van der Waals surface area contributed by atoms with E-state index in [1.165, 1.54) is 0 Å². The summed E-state index contributed by atoms with van der Waals surface area (Å²) in [5, 5.41) is 0. The van der Waals surface area contributed by atoms with Crippen LogP contribution in [0.5, 0.6) is 5.75 Å². The van der Waals surface area contributed by atoms with Crippen LogP contribution in [-0.2, 0) is 23.8 Å². The van der Waals surface area contributed by atoms with Gasteiger partial charge in [-0.1, -0.05) is 46.8 Å². The Bertz CT molecular complexity index is 634. The maximum Gasteiger partial charge on any atom is 0.330 e. The number of carbonyl (C=O) groups is 1. The normalized spacial score (nSPS) is 14.1. The molecule has 0 N–H and O–H groups in total. The lowest BCUT2D eigenvalue weighted by Gasteiger charge is -2.22. The van der Waals surface area contributed by atoms with E-state index >= 15 is 0 Å². The molecule has 1 rings (SSSR count). The molecule has 26 heavy (non-hydrogen) atoms. The van der Waals surface area contributed by atoms with Crippen molar-refractivity contribution in [1.82, 2.24) is 0 Å². The molecule has 0 aliphatic rings. The van der Waals surface area contributed by atoms with Gasteiger partial charge in [0.05, 0.1) is 19.6 Å². The standard InChI is InChI=1S/C20H33O5P/c1-7-12-23-26(22,14-8-2)24-13-11-19(21)25-18-15-16(3)9-10-17(18)20(4,5)6/h9-10,15H,7-8,11-14H2,1-6H3. The van der Waals surface area contributed by atoms with Crippen LogP contribution < -0.4 is 4.74 Å². The summed E-state index contributed by atoms with van der Waals surface area (Å²) in [5.74, 6) is 0.168. The number of rotatable bonds is 10. The SMILES string of the molecule is CCCOP(=O)(CCC)OCCC(=O)Oc1cc(C)ccc1C(C)(C)C. The third kappa shape index (κ3) is 7.61. The van der Waals surface area contributed by atoms with Crippen LogP contribution in [0.15, 0.2) is 18.2 Å². The van der Waals surface area contributed by atoms with Crippen LogP contribution in [-0.4, -0.2) is 25.3 Å². The molecule has 0 saturated carbocycles. The third-order valence-corrected chi connectivity index (χ3v) is 5.90. The second-order valence-electron chi connectivity index (χ2n) is 7.47. The van der Waals surface area contributed by atoms with Crippen LogP contribution in [0.25, 0.3) is 0 Å². The van der Waals surface area contributed by atoms with Gasteiger partial charge in [0.2, 0.25) is 0 Å². The molecule has 5 nitrogen and oxygen atoms in total. The molecular weight excluding hydrogens is 351 g/mol. The van der Waals surface area contributed by atoms with Crippen LogP contribution in [0.3, 0.4) is 0 Å². The number of ether oxygens (including phenoxy) is 1. The van der Waals surface area contributed by atoms with Gasteiger partial charge in [-0.05, 0) is 36.8 Å². The first-order valence-electron chi connectivity index (χ1n) is 9.31. The number of hydrogen-bond acceptors (Lipinski definition) is 5. The highest BCUT2D eigenvalue weighted by Crippen LogP contribution is 2.48. The van der Waals surface area contributed by atoms with Crippen LogP contribution in [0.1, 0.15) is 65.0 Å². The van der Waals surface area contributed by atoms with E-state index in [2.05, 4.69) is 20.8 Å². The van der Waals surface area contributed by atoms with Crippen molar-refractivity contribution in [1.29, 1.82) is 0 Å². The van der Waals surface area contributed by atoms with Gasteiger partial charge in [-0.3, -0.25) is 9.36 Å². The van der Waals surface area contributed by atoms with Crippen molar-refractivity contribution in [2.45, 2.75) is 66.2 Å². The number of aryl methyl sites for hydroxylation is 1. The summed E-state index contributed by atoms with van der Waals surface area (Å²) in [5.41, 5.74) is 1.86. The summed E-state index contributed by atoms with van der Waals surface area (Å²) < 4.78 is 28.9. The van der Waals surface area contributed by atoms with Crippen LogP contribution in [0.4, 0.5) is 0 Å². The molecule has 0 spiro atoms. The molecule has 0 aromatic heterocycles. The van der Waals surface area contributed by atoms with Crippen LogP contribution >= 0.6 is 7.60 Å². The second kappa shape index (κ2) is 10.2. The zero-order valence-electron chi connectivity index (χ0n) is 17.0. The molecule has 0 heterocycles. The summed E-state index contributed by atoms with van der Waals surface area (Å²) in [6.07, 6.45) is 1.85. The predicted octanol–water partition coefficient (Wildman–Crippen LogP) is 5.63. The predicted molar refractivity (Wildman–Crippen MR) is 105 cm³/mol. The lowest BCUT2D eigenvalue weighted by Crippen LogP contribution is -2.17. The zero-order chi connectivity index (χ0) is 19.8.